The highest BCUT2D eigenvalue weighted by atomic mass is 16.6. The molecule has 0 aromatic carbocycles. The zero-order valence-corrected chi connectivity index (χ0v) is 7.60. The van der Waals surface area contributed by atoms with Crippen LogP contribution in [0.25, 0.3) is 0 Å². The number of carbonyl (C=O) groups excluding carboxylic acids is 2. The predicted molar refractivity (Wildman–Crippen MR) is 45.9 cm³/mol. The number of hydrogen-bond donors (Lipinski definition) is 0. The van der Waals surface area contributed by atoms with Crippen LogP contribution in [0.2, 0.25) is 0 Å². The lowest BCUT2D eigenvalue weighted by atomic mass is 9.85. The van der Waals surface area contributed by atoms with Gasteiger partial charge in [-0.2, -0.15) is 0 Å². The van der Waals surface area contributed by atoms with E-state index in [-0.39, 0.29) is 23.8 Å². The average Bonchev–Trinajstić information content (AvgIpc) is 2.72. The van der Waals surface area contributed by atoms with Crippen LogP contribution in [0.15, 0.2) is 12.2 Å². The Morgan fingerprint density at radius 1 is 1.07 bits per heavy atom. The second-order valence-electron chi connectivity index (χ2n) is 4.96. The minimum atomic E-state index is -0.275. The number of rotatable bonds is 0. The number of esters is 2. The number of cyclic esters (lactones) is 2. The summed E-state index contributed by atoms with van der Waals surface area (Å²) in [5, 5.41) is 0. The third kappa shape index (κ3) is 0.527. The van der Waals surface area contributed by atoms with Gasteiger partial charge in [0.2, 0.25) is 0 Å². The van der Waals surface area contributed by atoms with Crippen LogP contribution in [0.1, 0.15) is 12.8 Å². The smallest absolute Gasteiger partial charge is 0.318 e. The molecule has 1 aliphatic heterocycles. The highest BCUT2D eigenvalue weighted by Gasteiger charge is 2.72. The molecule has 3 aliphatic carbocycles. The molecule has 0 aromatic heterocycles. The minimum Gasteiger partial charge on any atom is -0.393 e. The number of carbonyl (C=O) groups is 2. The summed E-state index contributed by atoms with van der Waals surface area (Å²) < 4.78 is 4.71. The highest BCUT2D eigenvalue weighted by molar-refractivity contribution is 5.98. The van der Waals surface area contributed by atoms with Gasteiger partial charge in [-0.05, 0) is 30.1 Å². The van der Waals surface area contributed by atoms with E-state index in [1.165, 1.54) is 12.8 Å². The number of fused-ring (bicyclic) bond motifs is 3. The zero-order valence-electron chi connectivity index (χ0n) is 7.60. The maximum absolute atomic E-state index is 11.5. The Labute approximate surface area is 81.1 Å². The van der Waals surface area contributed by atoms with Gasteiger partial charge in [0, 0.05) is 0 Å². The lowest BCUT2D eigenvalue weighted by Gasteiger charge is -2.15. The van der Waals surface area contributed by atoms with Crippen molar-refractivity contribution in [1.82, 2.24) is 0 Å². The molecule has 3 nitrogen and oxygen atoms in total. The van der Waals surface area contributed by atoms with Crippen LogP contribution in [0, 0.1) is 29.1 Å². The van der Waals surface area contributed by atoms with E-state index in [1.54, 1.807) is 0 Å². The fraction of sp³-hybridized carbons (Fsp3) is 0.636. The van der Waals surface area contributed by atoms with Crippen molar-refractivity contribution < 1.29 is 14.3 Å². The van der Waals surface area contributed by atoms with Crippen LogP contribution in [-0.4, -0.2) is 11.9 Å². The first-order valence-corrected chi connectivity index (χ1v) is 5.18. The van der Waals surface area contributed by atoms with Gasteiger partial charge < -0.3 is 4.74 Å². The molecule has 4 aliphatic rings. The molecule has 0 aromatic rings. The van der Waals surface area contributed by atoms with Gasteiger partial charge in [-0.1, -0.05) is 12.2 Å². The van der Waals surface area contributed by atoms with E-state index in [9.17, 15) is 9.59 Å². The summed E-state index contributed by atoms with van der Waals surface area (Å²) in [6, 6.07) is 0. The van der Waals surface area contributed by atoms with Crippen molar-refractivity contribution in [2.75, 3.05) is 0 Å². The normalized spacial score (nSPS) is 50.0. The monoisotopic (exact) mass is 190 g/mol. The lowest BCUT2D eigenvalue weighted by molar-refractivity contribution is -0.155. The summed E-state index contributed by atoms with van der Waals surface area (Å²) in [6.07, 6.45) is 6.64. The van der Waals surface area contributed by atoms with Gasteiger partial charge in [-0.15, -0.1) is 0 Å². The topological polar surface area (TPSA) is 43.4 Å². The standard InChI is InChI=1S/C11H10O3/c12-9-7-5-1-2-6(11(5)3-4-11)8(7)10(13)14-9/h1-2,5-8H,3-4H2/t5-,6-,7-,8+/m0/s1. The van der Waals surface area contributed by atoms with Gasteiger partial charge in [0.05, 0.1) is 11.8 Å². The molecule has 0 N–H and O–H groups in total. The first kappa shape index (κ1) is 7.21. The molecule has 4 atom stereocenters. The van der Waals surface area contributed by atoms with Crippen molar-refractivity contribution in [3.8, 4) is 0 Å². The van der Waals surface area contributed by atoms with Crippen LogP contribution in [0.5, 0.6) is 0 Å². The average molecular weight is 190 g/mol. The third-order valence-corrected chi connectivity index (χ3v) is 4.59. The lowest BCUT2D eigenvalue weighted by Crippen LogP contribution is -2.21. The van der Waals surface area contributed by atoms with Crippen molar-refractivity contribution in [2.45, 2.75) is 12.8 Å². The summed E-state index contributed by atoms with van der Waals surface area (Å²) in [5.41, 5.74) is 0.296. The largest absolute Gasteiger partial charge is 0.393 e. The van der Waals surface area contributed by atoms with Gasteiger partial charge in [0.15, 0.2) is 0 Å². The molecule has 0 amide bonds. The molecule has 4 rings (SSSR count). The molecule has 1 spiro atoms. The quantitative estimate of drug-likeness (QED) is 0.324. The molecule has 3 fully saturated rings. The number of allylic oxidation sites excluding steroid dienone is 2. The van der Waals surface area contributed by atoms with Gasteiger partial charge in [0.1, 0.15) is 0 Å². The molecule has 2 saturated carbocycles. The van der Waals surface area contributed by atoms with E-state index in [4.69, 9.17) is 4.74 Å². The third-order valence-electron chi connectivity index (χ3n) is 4.59. The van der Waals surface area contributed by atoms with E-state index in [0.717, 1.165) is 0 Å². The molecule has 14 heavy (non-hydrogen) atoms. The maximum Gasteiger partial charge on any atom is 0.318 e. The van der Waals surface area contributed by atoms with E-state index < -0.39 is 0 Å². The fourth-order valence-corrected chi connectivity index (χ4v) is 3.88. The Hall–Kier alpha value is -1.12. The van der Waals surface area contributed by atoms with Gasteiger partial charge in [-0.25, -0.2) is 0 Å². The second-order valence-corrected chi connectivity index (χ2v) is 4.96. The van der Waals surface area contributed by atoms with E-state index in [1.807, 2.05) is 0 Å². The van der Waals surface area contributed by atoms with Crippen LogP contribution < -0.4 is 0 Å². The Kier molecular flexibility index (Phi) is 0.932. The predicted octanol–water partition coefficient (Wildman–Crippen LogP) is 0.898. The van der Waals surface area contributed by atoms with E-state index in [2.05, 4.69) is 12.2 Å². The molecule has 0 unspecified atom stereocenters. The van der Waals surface area contributed by atoms with E-state index >= 15 is 0 Å². The first-order valence-electron chi connectivity index (χ1n) is 5.18. The highest BCUT2D eigenvalue weighted by Crippen LogP contribution is 2.73. The molecule has 1 saturated heterocycles. The fourth-order valence-electron chi connectivity index (χ4n) is 3.88. The van der Waals surface area contributed by atoms with Crippen LogP contribution in [0.3, 0.4) is 0 Å². The minimum absolute atomic E-state index is 0.139. The zero-order chi connectivity index (χ0) is 9.50. The maximum atomic E-state index is 11.5. The van der Waals surface area contributed by atoms with Gasteiger partial charge >= 0.3 is 11.9 Å². The van der Waals surface area contributed by atoms with E-state index in [0.29, 0.717) is 17.3 Å². The van der Waals surface area contributed by atoms with Crippen LogP contribution in [-0.2, 0) is 14.3 Å². The Morgan fingerprint density at radius 3 is 2.00 bits per heavy atom. The molecular weight excluding hydrogens is 180 g/mol. The molecule has 3 heteroatoms. The van der Waals surface area contributed by atoms with Crippen molar-refractivity contribution in [3.63, 3.8) is 0 Å². The van der Waals surface area contributed by atoms with Crippen molar-refractivity contribution in [3.05, 3.63) is 12.2 Å². The van der Waals surface area contributed by atoms with Crippen LogP contribution in [0.4, 0.5) is 0 Å². The number of ether oxygens (including phenoxy) is 1. The molecule has 1 heterocycles. The molecule has 0 radical (unpaired) electrons. The molecular formula is C11H10O3. The Bertz CT molecular complexity index is 359. The van der Waals surface area contributed by atoms with Crippen molar-refractivity contribution >= 4 is 11.9 Å². The summed E-state index contributed by atoms with van der Waals surface area (Å²) in [5.74, 6) is -0.223. The van der Waals surface area contributed by atoms with Crippen LogP contribution >= 0.6 is 0 Å². The summed E-state index contributed by atoms with van der Waals surface area (Å²) >= 11 is 0. The Morgan fingerprint density at radius 2 is 1.57 bits per heavy atom. The second kappa shape index (κ2) is 1.81. The number of hydrogen-bond acceptors (Lipinski definition) is 3. The van der Waals surface area contributed by atoms with Crippen molar-refractivity contribution in [1.29, 1.82) is 0 Å². The molecule has 2 bridgehead atoms. The SMILES string of the molecule is O=C1OC(=O)[C@H]2[C@@H]1[C@@H]1C=C[C@@H]2C12CC2. The van der Waals surface area contributed by atoms with Gasteiger partial charge in [-0.3, -0.25) is 9.59 Å². The summed E-state index contributed by atoms with van der Waals surface area (Å²) in [7, 11) is 0. The van der Waals surface area contributed by atoms with Crippen molar-refractivity contribution in [2.24, 2.45) is 29.1 Å². The summed E-state index contributed by atoms with van der Waals surface area (Å²) in [4.78, 5) is 23.0. The summed E-state index contributed by atoms with van der Waals surface area (Å²) in [6.45, 7) is 0. The molecule has 72 valence electrons. The van der Waals surface area contributed by atoms with Gasteiger partial charge in [0.25, 0.3) is 0 Å². The Balaban J connectivity index is 1.89. The first-order chi connectivity index (χ1) is 6.74.